The average Bonchev–Trinajstić information content (AvgIpc) is 2.49. The Kier molecular flexibility index (Phi) is 5.83. The summed E-state index contributed by atoms with van der Waals surface area (Å²) < 4.78 is 0. The van der Waals surface area contributed by atoms with Crippen LogP contribution in [0.25, 0.3) is 0 Å². The maximum absolute atomic E-state index is 12.7. The van der Waals surface area contributed by atoms with Crippen LogP contribution in [0, 0.1) is 5.92 Å². The van der Waals surface area contributed by atoms with E-state index in [0.717, 1.165) is 25.1 Å². The molecule has 1 aliphatic heterocycles. The predicted octanol–water partition coefficient (Wildman–Crippen LogP) is 3.79. The molecule has 0 bridgehead atoms. The minimum Gasteiger partial charge on any atom is -0.330 e. The molecular weight excluding hydrogens is 274 g/mol. The highest BCUT2D eigenvalue weighted by Gasteiger charge is 2.31. The highest BCUT2D eigenvalue weighted by molar-refractivity contribution is 5.89. The summed E-state index contributed by atoms with van der Waals surface area (Å²) >= 11 is 0. The lowest BCUT2D eigenvalue weighted by molar-refractivity contribution is 0.124. The first-order valence-electron chi connectivity index (χ1n) is 8.40. The van der Waals surface area contributed by atoms with E-state index >= 15 is 0 Å². The molecule has 22 heavy (non-hydrogen) atoms. The molecule has 2 atom stereocenters. The third-order valence-electron chi connectivity index (χ3n) is 4.64. The first-order valence-corrected chi connectivity index (χ1v) is 8.40. The van der Waals surface area contributed by atoms with Gasteiger partial charge < -0.3 is 16.0 Å². The Hall–Kier alpha value is -1.55. The van der Waals surface area contributed by atoms with Crippen molar-refractivity contribution in [2.45, 2.75) is 52.0 Å². The number of urea groups is 1. The van der Waals surface area contributed by atoms with Crippen LogP contribution in [-0.4, -0.2) is 30.1 Å². The number of anilines is 1. The smallest absolute Gasteiger partial charge is 0.322 e. The number of nitrogens with zero attached hydrogens (tertiary/aromatic N) is 1. The lowest BCUT2D eigenvalue weighted by Gasteiger charge is -2.40. The van der Waals surface area contributed by atoms with Gasteiger partial charge in [0.05, 0.1) is 0 Å². The van der Waals surface area contributed by atoms with Gasteiger partial charge in [-0.05, 0) is 55.3 Å². The number of hydrogen-bond acceptors (Lipinski definition) is 2. The van der Waals surface area contributed by atoms with Crippen LogP contribution >= 0.6 is 0 Å². The van der Waals surface area contributed by atoms with Gasteiger partial charge in [0.25, 0.3) is 0 Å². The van der Waals surface area contributed by atoms with E-state index < -0.39 is 0 Å². The molecule has 0 spiro atoms. The first-order chi connectivity index (χ1) is 10.5. The fourth-order valence-corrected chi connectivity index (χ4v) is 3.28. The number of benzene rings is 1. The molecule has 1 heterocycles. The Bertz CT molecular complexity index is 501. The van der Waals surface area contributed by atoms with Crippen LogP contribution in [-0.2, 0) is 0 Å². The standard InChI is InChI=1S/C18H29N3O/c1-13(2)15-7-4-8-16(12-15)20-18(22)21-11-5-6-14(3)17(21)9-10-19/h4,7-8,12-14,17H,5-6,9-11,19H2,1-3H3,(H,20,22). The second kappa shape index (κ2) is 7.63. The number of hydrogen-bond donors (Lipinski definition) is 2. The fraction of sp³-hybridized carbons (Fsp3) is 0.611. The van der Waals surface area contributed by atoms with Gasteiger partial charge in [0.2, 0.25) is 0 Å². The second-order valence-electron chi connectivity index (χ2n) is 6.67. The van der Waals surface area contributed by atoms with Gasteiger partial charge in [-0.2, -0.15) is 0 Å². The van der Waals surface area contributed by atoms with Crippen LogP contribution < -0.4 is 11.1 Å². The Morgan fingerprint density at radius 1 is 1.45 bits per heavy atom. The molecule has 2 unspecified atom stereocenters. The highest BCUT2D eigenvalue weighted by Crippen LogP contribution is 2.26. The molecule has 0 saturated carbocycles. The van der Waals surface area contributed by atoms with Crippen molar-refractivity contribution in [2.24, 2.45) is 11.7 Å². The lowest BCUT2D eigenvalue weighted by atomic mass is 9.89. The molecule has 1 aromatic carbocycles. The normalized spacial score (nSPS) is 22.0. The molecule has 2 amide bonds. The molecule has 1 fully saturated rings. The summed E-state index contributed by atoms with van der Waals surface area (Å²) in [7, 11) is 0. The first kappa shape index (κ1) is 16.8. The van der Waals surface area contributed by atoms with E-state index in [0.29, 0.717) is 18.4 Å². The van der Waals surface area contributed by atoms with Crippen LogP contribution in [0.3, 0.4) is 0 Å². The van der Waals surface area contributed by atoms with Gasteiger partial charge in [0, 0.05) is 18.3 Å². The fourth-order valence-electron chi connectivity index (χ4n) is 3.28. The van der Waals surface area contributed by atoms with Crippen molar-refractivity contribution in [3.8, 4) is 0 Å². The number of nitrogens with two attached hydrogens (primary N) is 1. The van der Waals surface area contributed by atoms with Gasteiger partial charge in [-0.25, -0.2) is 4.79 Å². The van der Waals surface area contributed by atoms with Gasteiger partial charge >= 0.3 is 6.03 Å². The highest BCUT2D eigenvalue weighted by atomic mass is 16.2. The quantitative estimate of drug-likeness (QED) is 0.889. The molecular formula is C18H29N3O. The SMILES string of the molecule is CC(C)c1cccc(NC(=O)N2CCCC(C)C2CCN)c1. The third kappa shape index (κ3) is 4.01. The summed E-state index contributed by atoms with van der Waals surface area (Å²) in [6.45, 7) is 7.99. The molecule has 122 valence electrons. The number of nitrogens with one attached hydrogen (secondary N) is 1. The summed E-state index contributed by atoms with van der Waals surface area (Å²) in [4.78, 5) is 14.6. The summed E-state index contributed by atoms with van der Waals surface area (Å²) in [5.41, 5.74) is 7.85. The topological polar surface area (TPSA) is 58.4 Å². The van der Waals surface area contributed by atoms with E-state index in [4.69, 9.17) is 5.73 Å². The van der Waals surface area contributed by atoms with E-state index in [9.17, 15) is 4.79 Å². The summed E-state index contributed by atoms with van der Waals surface area (Å²) in [5, 5.41) is 3.06. The van der Waals surface area contributed by atoms with E-state index in [1.54, 1.807) is 0 Å². The largest absolute Gasteiger partial charge is 0.330 e. The molecule has 4 heteroatoms. The zero-order chi connectivity index (χ0) is 16.1. The molecule has 4 nitrogen and oxygen atoms in total. The molecule has 1 aromatic rings. The zero-order valence-electron chi connectivity index (χ0n) is 14.0. The van der Waals surface area contributed by atoms with E-state index in [1.807, 2.05) is 17.0 Å². The van der Waals surface area contributed by atoms with Crippen molar-refractivity contribution < 1.29 is 4.79 Å². The predicted molar refractivity (Wildman–Crippen MR) is 92.1 cm³/mol. The molecule has 0 aromatic heterocycles. The van der Waals surface area contributed by atoms with Crippen molar-refractivity contribution in [2.75, 3.05) is 18.4 Å². The minimum atomic E-state index is 0.00547. The summed E-state index contributed by atoms with van der Waals surface area (Å²) in [6.07, 6.45) is 3.12. The molecule has 3 N–H and O–H groups in total. The Morgan fingerprint density at radius 3 is 2.91 bits per heavy atom. The van der Waals surface area contributed by atoms with Gasteiger partial charge in [0.1, 0.15) is 0 Å². The molecule has 1 saturated heterocycles. The zero-order valence-corrected chi connectivity index (χ0v) is 14.0. The van der Waals surface area contributed by atoms with Crippen molar-refractivity contribution >= 4 is 11.7 Å². The van der Waals surface area contributed by atoms with E-state index in [1.165, 1.54) is 12.0 Å². The third-order valence-corrected chi connectivity index (χ3v) is 4.64. The van der Waals surface area contributed by atoms with Crippen molar-refractivity contribution in [1.82, 2.24) is 4.90 Å². The maximum Gasteiger partial charge on any atom is 0.322 e. The van der Waals surface area contributed by atoms with Crippen LogP contribution in [0.4, 0.5) is 10.5 Å². The van der Waals surface area contributed by atoms with E-state index in [-0.39, 0.29) is 12.1 Å². The molecule has 0 radical (unpaired) electrons. The van der Waals surface area contributed by atoms with Crippen molar-refractivity contribution in [1.29, 1.82) is 0 Å². The number of rotatable bonds is 4. The monoisotopic (exact) mass is 303 g/mol. The minimum absolute atomic E-state index is 0.00547. The van der Waals surface area contributed by atoms with Gasteiger partial charge in [-0.1, -0.05) is 32.9 Å². The molecule has 1 aliphatic rings. The average molecular weight is 303 g/mol. The molecule has 0 aliphatic carbocycles. The number of likely N-dealkylation sites (tertiary alicyclic amines) is 1. The second-order valence-corrected chi connectivity index (χ2v) is 6.67. The Balaban J connectivity index is 2.08. The maximum atomic E-state index is 12.7. The van der Waals surface area contributed by atoms with Gasteiger partial charge in [0.15, 0.2) is 0 Å². The van der Waals surface area contributed by atoms with Crippen LogP contribution in [0.1, 0.15) is 51.5 Å². The number of carbonyl (C=O) groups is 1. The molecule has 2 rings (SSSR count). The van der Waals surface area contributed by atoms with Gasteiger partial charge in [-0.3, -0.25) is 0 Å². The Morgan fingerprint density at radius 2 is 2.23 bits per heavy atom. The van der Waals surface area contributed by atoms with Crippen molar-refractivity contribution in [3.05, 3.63) is 29.8 Å². The van der Waals surface area contributed by atoms with Crippen molar-refractivity contribution in [3.63, 3.8) is 0 Å². The van der Waals surface area contributed by atoms with Crippen LogP contribution in [0.15, 0.2) is 24.3 Å². The number of amides is 2. The van der Waals surface area contributed by atoms with Crippen LogP contribution in [0.2, 0.25) is 0 Å². The Labute approximate surface area is 134 Å². The van der Waals surface area contributed by atoms with E-state index in [2.05, 4.69) is 38.2 Å². The van der Waals surface area contributed by atoms with Crippen LogP contribution in [0.5, 0.6) is 0 Å². The number of carbonyl (C=O) groups excluding carboxylic acids is 1. The summed E-state index contributed by atoms with van der Waals surface area (Å²) in [5.74, 6) is 0.974. The van der Waals surface area contributed by atoms with Gasteiger partial charge in [-0.15, -0.1) is 0 Å². The lowest BCUT2D eigenvalue weighted by Crippen LogP contribution is -2.50. The number of piperidine rings is 1. The summed E-state index contributed by atoms with van der Waals surface area (Å²) in [6, 6.07) is 8.38.